The van der Waals surface area contributed by atoms with Gasteiger partial charge in [0.2, 0.25) is 0 Å². The lowest BCUT2D eigenvalue weighted by Gasteiger charge is -2.03. The molecule has 1 aromatic heterocycles. The van der Waals surface area contributed by atoms with Gasteiger partial charge in [-0.05, 0) is 12.1 Å². The van der Waals surface area contributed by atoms with E-state index in [4.69, 9.17) is 11.6 Å². The topological polar surface area (TPSA) is 17.8 Å². The molecule has 2 aromatic rings. The van der Waals surface area contributed by atoms with Gasteiger partial charge in [0.15, 0.2) is 0 Å². The van der Waals surface area contributed by atoms with Crippen molar-refractivity contribution in [1.82, 2.24) is 9.55 Å². The average Bonchev–Trinajstić information content (AvgIpc) is 2.70. The summed E-state index contributed by atoms with van der Waals surface area (Å²) in [5.41, 5.74) is 0.943. The van der Waals surface area contributed by atoms with Crippen LogP contribution in [0.25, 0.3) is 11.2 Å². The van der Waals surface area contributed by atoms with Crippen LogP contribution in [0, 0.1) is 0 Å². The summed E-state index contributed by atoms with van der Waals surface area (Å²) in [7, 11) is 0. The van der Waals surface area contributed by atoms with Gasteiger partial charge in [-0.2, -0.15) is 0 Å². The third-order valence-corrected chi connectivity index (χ3v) is 3.43. The Morgan fingerprint density at radius 3 is 2.81 bits per heavy atom. The van der Waals surface area contributed by atoms with Crippen molar-refractivity contribution >= 4 is 54.7 Å². The molecule has 0 amide bonds. The Morgan fingerprint density at radius 2 is 2.19 bits per heavy atom. The van der Waals surface area contributed by atoms with Gasteiger partial charge in [-0.1, -0.05) is 49.5 Å². The molecule has 0 aliphatic carbocycles. The summed E-state index contributed by atoms with van der Waals surface area (Å²) in [5.74, 6) is 0. The Hall–Kier alpha value is -0.580. The van der Waals surface area contributed by atoms with E-state index in [1.807, 2.05) is 30.6 Å². The molecule has 2 rings (SSSR count). The number of rotatable bonds is 2. The molecule has 0 radical (unpaired) electrons. The van der Waals surface area contributed by atoms with Crippen LogP contribution in [0.2, 0.25) is 0 Å². The Bertz CT molecular complexity index is 521. The smallest absolute Gasteiger partial charge is 0.0987 e. The zero-order valence-electron chi connectivity index (χ0n) is 8.07. The predicted octanol–water partition coefficient (Wildman–Crippen LogP) is 4.60. The van der Waals surface area contributed by atoms with Gasteiger partial charge in [0.05, 0.1) is 11.4 Å². The molecule has 0 saturated heterocycles. The van der Waals surface area contributed by atoms with Crippen LogP contribution in [-0.4, -0.2) is 9.55 Å². The second-order valence-corrected chi connectivity index (χ2v) is 5.29. The van der Waals surface area contributed by atoms with E-state index in [0.29, 0.717) is 5.03 Å². The third-order valence-electron chi connectivity index (χ3n) is 1.98. The van der Waals surface area contributed by atoms with Gasteiger partial charge in [-0.15, -0.1) is 0 Å². The standard InChI is InChI=1S/C11H7Br2ClN2/c12-8-1-2-9(10(13)5-8)11(14)6-16-4-3-15-7-16/h1-7H. The molecular formula is C11H7Br2ClN2. The molecule has 0 spiro atoms. The van der Waals surface area contributed by atoms with Gasteiger partial charge in [0.25, 0.3) is 0 Å². The Labute approximate surface area is 115 Å². The average molecular weight is 362 g/mol. The summed E-state index contributed by atoms with van der Waals surface area (Å²) in [5, 5.41) is 0.650. The molecule has 0 aliphatic rings. The van der Waals surface area contributed by atoms with Gasteiger partial charge < -0.3 is 4.57 Å². The molecule has 0 unspecified atom stereocenters. The minimum atomic E-state index is 0.650. The minimum absolute atomic E-state index is 0.650. The summed E-state index contributed by atoms with van der Waals surface area (Å²) in [6.45, 7) is 0. The van der Waals surface area contributed by atoms with Gasteiger partial charge in [0, 0.05) is 33.1 Å². The Kier molecular flexibility index (Phi) is 3.84. The molecular weight excluding hydrogens is 355 g/mol. The fourth-order valence-electron chi connectivity index (χ4n) is 1.23. The fourth-order valence-corrected chi connectivity index (χ4v) is 2.88. The van der Waals surface area contributed by atoms with Crippen molar-refractivity contribution in [3.63, 3.8) is 0 Å². The van der Waals surface area contributed by atoms with E-state index < -0.39 is 0 Å². The molecule has 0 atom stereocenters. The molecule has 0 saturated carbocycles. The first kappa shape index (κ1) is 11.9. The van der Waals surface area contributed by atoms with Crippen LogP contribution < -0.4 is 0 Å². The maximum Gasteiger partial charge on any atom is 0.0987 e. The number of aromatic nitrogens is 2. The van der Waals surface area contributed by atoms with E-state index in [9.17, 15) is 0 Å². The molecule has 5 heteroatoms. The number of hydrogen-bond donors (Lipinski definition) is 0. The van der Waals surface area contributed by atoms with Crippen molar-refractivity contribution in [3.8, 4) is 0 Å². The lowest BCUT2D eigenvalue weighted by atomic mass is 10.2. The third kappa shape index (κ3) is 2.75. The number of hydrogen-bond acceptors (Lipinski definition) is 1. The second kappa shape index (κ2) is 5.17. The first-order chi connectivity index (χ1) is 7.66. The van der Waals surface area contributed by atoms with Crippen LogP contribution in [0.1, 0.15) is 5.56 Å². The number of benzene rings is 1. The maximum atomic E-state index is 6.22. The minimum Gasteiger partial charge on any atom is -0.312 e. The summed E-state index contributed by atoms with van der Waals surface area (Å²) < 4.78 is 3.76. The van der Waals surface area contributed by atoms with Crippen molar-refractivity contribution in [3.05, 3.63) is 51.4 Å². The van der Waals surface area contributed by atoms with E-state index in [2.05, 4.69) is 36.8 Å². The van der Waals surface area contributed by atoms with E-state index in [0.717, 1.165) is 14.5 Å². The quantitative estimate of drug-likeness (QED) is 0.763. The van der Waals surface area contributed by atoms with Gasteiger partial charge >= 0.3 is 0 Å². The molecule has 1 heterocycles. The highest BCUT2D eigenvalue weighted by Crippen LogP contribution is 2.30. The van der Waals surface area contributed by atoms with Crippen LogP contribution in [0.5, 0.6) is 0 Å². The van der Waals surface area contributed by atoms with Crippen molar-refractivity contribution < 1.29 is 0 Å². The summed E-state index contributed by atoms with van der Waals surface area (Å²) in [4.78, 5) is 3.95. The van der Waals surface area contributed by atoms with Crippen LogP contribution >= 0.6 is 43.5 Å². The normalized spacial score (nSPS) is 11.8. The van der Waals surface area contributed by atoms with Gasteiger partial charge in [-0.25, -0.2) is 4.98 Å². The van der Waals surface area contributed by atoms with Crippen LogP contribution in [0.4, 0.5) is 0 Å². The monoisotopic (exact) mass is 360 g/mol. The second-order valence-electron chi connectivity index (χ2n) is 3.11. The SMILES string of the molecule is ClC(=Cn1ccnc1)c1ccc(Br)cc1Br. The summed E-state index contributed by atoms with van der Waals surface area (Å²) in [6, 6.07) is 5.85. The molecule has 0 fully saturated rings. The Morgan fingerprint density at radius 1 is 1.38 bits per heavy atom. The van der Waals surface area contributed by atoms with Crippen LogP contribution in [0.15, 0.2) is 45.9 Å². The Balaban J connectivity index is 2.37. The lowest BCUT2D eigenvalue weighted by molar-refractivity contribution is 1.14. The summed E-state index contributed by atoms with van der Waals surface area (Å²) >= 11 is 13.1. The van der Waals surface area contributed by atoms with Crippen LogP contribution in [0.3, 0.4) is 0 Å². The summed E-state index contributed by atoms with van der Waals surface area (Å²) in [6.07, 6.45) is 7.03. The van der Waals surface area contributed by atoms with E-state index >= 15 is 0 Å². The lowest BCUT2D eigenvalue weighted by Crippen LogP contribution is -1.84. The first-order valence-electron chi connectivity index (χ1n) is 4.47. The van der Waals surface area contributed by atoms with Crippen molar-refractivity contribution in [2.75, 3.05) is 0 Å². The predicted molar refractivity (Wildman–Crippen MR) is 74.1 cm³/mol. The van der Waals surface area contributed by atoms with Crippen molar-refractivity contribution in [2.24, 2.45) is 0 Å². The van der Waals surface area contributed by atoms with Crippen molar-refractivity contribution in [2.45, 2.75) is 0 Å². The number of nitrogens with zero attached hydrogens (tertiary/aromatic N) is 2. The van der Waals surface area contributed by atoms with E-state index in [1.165, 1.54) is 0 Å². The molecule has 2 nitrogen and oxygen atoms in total. The van der Waals surface area contributed by atoms with E-state index in [-0.39, 0.29) is 0 Å². The molecule has 1 aromatic carbocycles. The van der Waals surface area contributed by atoms with Crippen molar-refractivity contribution in [1.29, 1.82) is 0 Å². The van der Waals surface area contributed by atoms with Gasteiger partial charge in [-0.3, -0.25) is 0 Å². The maximum absolute atomic E-state index is 6.22. The molecule has 0 aliphatic heterocycles. The number of imidazole rings is 1. The van der Waals surface area contributed by atoms with E-state index in [1.54, 1.807) is 17.1 Å². The highest BCUT2D eigenvalue weighted by atomic mass is 79.9. The molecule has 16 heavy (non-hydrogen) atoms. The highest BCUT2D eigenvalue weighted by molar-refractivity contribution is 9.11. The van der Waals surface area contributed by atoms with Gasteiger partial charge in [0.1, 0.15) is 0 Å². The highest BCUT2D eigenvalue weighted by Gasteiger charge is 2.04. The first-order valence-corrected chi connectivity index (χ1v) is 6.43. The number of halogens is 3. The zero-order valence-corrected chi connectivity index (χ0v) is 12.0. The van der Waals surface area contributed by atoms with Crippen LogP contribution in [-0.2, 0) is 0 Å². The molecule has 0 N–H and O–H groups in total. The largest absolute Gasteiger partial charge is 0.312 e. The zero-order chi connectivity index (χ0) is 11.5. The molecule has 0 bridgehead atoms. The fraction of sp³-hybridized carbons (Fsp3) is 0. The molecule has 82 valence electrons.